The van der Waals surface area contributed by atoms with Crippen molar-refractivity contribution in [2.45, 2.75) is 45.3 Å². The van der Waals surface area contributed by atoms with Gasteiger partial charge in [-0.25, -0.2) is 4.98 Å². The van der Waals surface area contributed by atoms with Gasteiger partial charge in [0, 0.05) is 18.8 Å². The molecule has 0 unspecified atom stereocenters. The second kappa shape index (κ2) is 7.60. The zero-order valence-corrected chi connectivity index (χ0v) is 14.4. The highest BCUT2D eigenvalue weighted by Gasteiger charge is 2.30. The van der Waals surface area contributed by atoms with E-state index in [0.717, 1.165) is 61.9 Å². The third kappa shape index (κ3) is 4.84. The lowest BCUT2D eigenvalue weighted by atomic mass is 9.91. The molecule has 1 saturated heterocycles. The molecule has 3 rings (SSSR count). The summed E-state index contributed by atoms with van der Waals surface area (Å²) >= 11 is 0. The Balaban J connectivity index is 1.54. The summed E-state index contributed by atoms with van der Waals surface area (Å²) in [5.74, 6) is 0.530. The lowest BCUT2D eigenvalue weighted by molar-refractivity contribution is -0.137. The highest BCUT2D eigenvalue weighted by molar-refractivity contribution is 5.25. The van der Waals surface area contributed by atoms with E-state index in [2.05, 4.69) is 14.9 Å². The van der Waals surface area contributed by atoms with E-state index >= 15 is 0 Å². The average Bonchev–Trinajstić information content (AvgIpc) is 2.98. The number of imidazole rings is 1. The zero-order chi connectivity index (χ0) is 17.9. The van der Waals surface area contributed by atoms with Crippen molar-refractivity contribution in [1.82, 2.24) is 14.9 Å². The van der Waals surface area contributed by atoms with Crippen LogP contribution >= 0.6 is 0 Å². The van der Waals surface area contributed by atoms with E-state index < -0.39 is 11.7 Å². The molecule has 6 heteroatoms. The van der Waals surface area contributed by atoms with E-state index in [-0.39, 0.29) is 0 Å². The van der Waals surface area contributed by atoms with E-state index in [9.17, 15) is 13.2 Å². The summed E-state index contributed by atoms with van der Waals surface area (Å²) in [5.41, 5.74) is 2.41. The molecule has 0 amide bonds. The van der Waals surface area contributed by atoms with Gasteiger partial charge in [0.1, 0.15) is 0 Å². The van der Waals surface area contributed by atoms with Crippen molar-refractivity contribution >= 4 is 0 Å². The van der Waals surface area contributed by atoms with Gasteiger partial charge in [0.25, 0.3) is 0 Å². The smallest absolute Gasteiger partial charge is 0.348 e. The van der Waals surface area contributed by atoms with Crippen molar-refractivity contribution in [3.05, 3.63) is 53.1 Å². The highest BCUT2D eigenvalue weighted by Crippen LogP contribution is 2.30. The first-order valence-electron chi connectivity index (χ1n) is 8.79. The summed E-state index contributed by atoms with van der Waals surface area (Å²) in [6.45, 7) is 4.92. The first-order chi connectivity index (χ1) is 11.9. The summed E-state index contributed by atoms with van der Waals surface area (Å²) < 4.78 is 38.4. The number of aryl methyl sites for hydroxylation is 2. The number of hydrogen-bond donors (Lipinski definition) is 1. The number of H-pyrrole nitrogens is 1. The Labute approximate surface area is 146 Å². The Morgan fingerprint density at radius 3 is 2.88 bits per heavy atom. The first kappa shape index (κ1) is 18.0. The predicted octanol–water partition coefficient (Wildman–Crippen LogP) is 4.58. The van der Waals surface area contributed by atoms with Gasteiger partial charge in [-0.1, -0.05) is 18.2 Å². The number of piperidine rings is 1. The molecule has 1 fully saturated rings. The molecule has 0 saturated carbocycles. The molecule has 136 valence electrons. The number of rotatable bonds is 5. The minimum absolute atomic E-state index is 0.530. The van der Waals surface area contributed by atoms with Gasteiger partial charge in [-0.15, -0.1) is 0 Å². The number of aromatic amines is 1. The van der Waals surface area contributed by atoms with Crippen LogP contribution in [0.4, 0.5) is 13.2 Å². The average molecular weight is 351 g/mol. The van der Waals surface area contributed by atoms with Gasteiger partial charge in [-0.05, 0) is 56.7 Å². The molecule has 2 aromatic rings. The third-order valence-electron chi connectivity index (χ3n) is 5.01. The fraction of sp³-hybridized carbons (Fsp3) is 0.526. The van der Waals surface area contributed by atoms with E-state index in [0.29, 0.717) is 12.3 Å². The van der Waals surface area contributed by atoms with Crippen LogP contribution in [0, 0.1) is 12.8 Å². The summed E-state index contributed by atoms with van der Waals surface area (Å²) in [6, 6.07) is 5.72. The van der Waals surface area contributed by atoms with Gasteiger partial charge >= 0.3 is 6.18 Å². The zero-order valence-electron chi connectivity index (χ0n) is 14.4. The first-order valence-corrected chi connectivity index (χ1v) is 8.79. The quantitative estimate of drug-likeness (QED) is 0.855. The van der Waals surface area contributed by atoms with Crippen molar-refractivity contribution in [3.8, 4) is 0 Å². The lowest BCUT2D eigenvalue weighted by Gasteiger charge is -2.32. The summed E-state index contributed by atoms with van der Waals surface area (Å²) in [6.07, 6.45) is 1.37. The standard InChI is InChI=1S/C19H24F3N3/c1-14-18(24-13-23-14)12-25-9-3-5-16(11-25)8-7-15-4-2-6-17(10-15)19(20,21)22/h2,4,6,10,13,16H,3,5,7-9,11-12H2,1H3,(H,23,24)/t16-/m0/s1. The summed E-state index contributed by atoms with van der Waals surface area (Å²) in [4.78, 5) is 9.87. The Bertz CT molecular complexity index is 693. The minimum Gasteiger partial charge on any atom is -0.348 e. The number of likely N-dealkylation sites (tertiary alicyclic amines) is 1. The maximum Gasteiger partial charge on any atom is 0.416 e. The van der Waals surface area contributed by atoms with Crippen LogP contribution in [0.3, 0.4) is 0 Å². The second-order valence-corrected chi connectivity index (χ2v) is 6.95. The molecule has 1 N–H and O–H groups in total. The van der Waals surface area contributed by atoms with Crippen molar-refractivity contribution in [2.75, 3.05) is 13.1 Å². The lowest BCUT2D eigenvalue weighted by Crippen LogP contribution is -2.35. The molecule has 1 aliphatic rings. The monoisotopic (exact) mass is 351 g/mol. The molecule has 0 aliphatic carbocycles. The fourth-order valence-corrected chi connectivity index (χ4v) is 3.56. The molecule has 1 aromatic heterocycles. The van der Waals surface area contributed by atoms with Gasteiger partial charge in [-0.2, -0.15) is 13.2 Å². The van der Waals surface area contributed by atoms with Crippen molar-refractivity contribution in [2.24, 2.45) is 5.92 Å². The maximum absolute atomic E-state index is 12.8. The largest absolute Gasteiger partial charge is 0.416 e. The Hall–Kier alpha value is -1.82. The van der Waals surface area contributed by atoms with E-state index in [1.807, 2.05) is 6.92 Å². The third-order valence-corrected chi connectivity index (χ3v) is 5.01. The van der Waals surface area contributed by atoms with Crippen LogP contribution in [-0.2, 0) is 19.1 Å². The van der Waals surface area contributed by atoms with Crippen molar-refractivity contribution < 1.29 is 13.2 Å². The van der Waals surface area contributed by atoms with Crippen LogP contribution in [0.2, 0.25) is 0 Å². The van der Waals surface area contributed by atoms with Gasteiger partial charge < -0.3 is 4.98 Å². The van der Waals surface area contributed by atoms with E-state index in [4.69, 9.17) is 0 Å². The van der Waals surface area contributed by atoms with Crippen LogP contribution in [0.15, 0.2) is 30.6 Å². The highest BCUT2D eigenvalue weighted by atomic mass is 19.4. The molecule has 1 aliphatic heterocycles. The fourth-order valence-electron chi connectivity index (χ4n) is 3.56. The topological polar surface area (TPSA) is 31.9 Å². The summed E-state index contributed by atoms with van der Waals surface area (Å²) in [5, 5.41) is 0. The number of benzene rings is 1. The number of halogens is 3. The van der Waals surface area contributed by atoms with Gasteiger partial charge in [0.05, 0.1) is 17.6 Å². The van der Waals surface area contributed by atoms with Gasteiger partial charge in [0.15, 0.2) is 0 Å². The molecule has 25 heavy (non-hydrogen) atoms. The molecule has 2 heterocycles. The Morgan fingerprint density at radius 2 is 2.16 bits per heavy atom. The van der Waals surface area contributed by atoms with Crippen LogP contribution in [0.25, 0.3) is 0 Å². The normalized spacial score (nSPS) is 19.3. The molecule has 0 bridgehead atoms. The van der Waals surface area contributed by atoms with E-state index in [1.165, 1.54) is 12.1 Å². The number of nitrogens with zero attached hydrogens (tertiary/aromatic N) is 2. The van der Waals surface area contributed by atoms with Crippen LogP contribution in [0.5, 0.6) is 0 Å². The number of aromatic nitrogens is 2. The number of nitrogens with one attached hydrogen (secondary N) is 1. The second-order valence-electron chi connectivity index (χ2n) is 6.95. The van der Waals surface area contributed by atoms with E-state index in [1.54, 1.807) is 12.4 Å². The molecule has 0 radical (unpaired) electrons. The minimum atomic E-state index is -4.26. The van der Waals surface area contributed by atoms with Crippen molar-refractivity contribution in [1.29, 1.82) is 0 Å². The maximum atomic E-state index is 12.8. The SMILES string of the molecule is Cc1[nH]cnc1CN1CCC[C@@H](CCc2cccc(C(F)(F)F)c2)C1. The number of hydrogen-bond acceptors (Lipinski definition) is 2. The Morgan fingerprint density at radius 1 is 1.32 bits per heavy atom. The van der Waals surface area contributed by atoms with Crippen LogP contribution in [-0.4, -0.2) is 28.0 Å². The van der Waals surface area contributed by atoms with Crippen LogP contribution < -0.4 is 0 Å². The number of alkyl halides is 3. The molecular weight excluding hydrogens is 327 g/mol. The van der Waals surface area contributed by atoms with Gasteiger partial charge in [0.2, 0.25) is 0 Å². The van der Waals surface area contributed by atoms with Crippen molar-refractivity contribution in [3.63, 3.8) is 0 Å². The molecular formula is C19H24F3N3. The van der Waals surface area contributed by atoms with Gasteiger partial charge in [-0.3, -0.25) is 4.90 Å². The predicted molar refractivity (Wildman–Crippen MR) is 91.1 cm³/mol. The molecule has 1 aromatic carbocycles. The Kier molecular flexibility index (Phi) is 5.47. The molecule has 3 nitrogen and oxygen atoms in total. The summed E-state index contributed by atoms with van der Waals surface area (Å²) in [7, 11) is 0. The van der Waals surface area contributed by atoms with Crippen LogP contribution in [0.1, 0.15) is 41.8 Å². The molecule has 0 spiro atoms. The molecule has 1 atom stereocenters.